The van der Waals surface area contributed by atoms with Crippen molar-refractivity contribution in [3.8, 4) is 5.75 Å². The van der Waals surface area contributed by atoms with Gasteiger partial charge in [-0.2, -0.15) is 0 Å². The van der Waals surface area contributed by atoms with Gasteiger partial charge in [-0.05, 0) is 26.0 Å². The summed E-state index contributed by atoms with van der Waals surface area (Å²) in [6.07, 6.45) is -0.991. The van der Waals surface area contributed by atoms with Crippen LogP contribution in [0, 0.1) is 0 Å². The minimum absolute atomic E-state index is 0.0671. The number of para-hydroxylation sites is 1. The predicted octanol–water partition coefficient (Wildman–Crippen LogP) is 1.02. The lowest BCUT2D eigenvalue weighted by atomic mass is 10.2. The molecule has 1 atom stereocenters. The van der Waals surface area contributed by atoms with Gasteiger partial charge < -0.3 is 20.1 Å². The molecule has 1 rings (SSSR count). The van der Waals surface area contributed by atoms with Crippen molar-refractivity contribution in [2.24, 2.45) is 0 Å². The highest BCUT2D eigenvalue weighted by molar-refractivity contribution is 5.90. The largest absolute Gasteiger partial charge is 0.507 e. The van der Waals surface area contributed by atoms with E-state index >= 15 is 0 Å². The highest BCUT2D eigenvalue weighted by Gasteiger charge is 2.07. The first kappa shape index (κ1) is 15.9. The first-order valence-electron chi connectivity index (χ1n) is 5.26. The SMILES string of the molecule is CCOC(=O)C(C)O.O=C(O)c1ccccc1O. The molecule has 3 N–H and O–H groups in total. The van der Waals surface area contributed by atoms with Crippen molar-refractivity contribution in [1.82, 2.24) is 0 Å². The van der Waals surface area contributed by atoms with Gasteiger partial charge in [-0.1, -0.05) is 12.1 Å². The van der Waals surface area contributed by atoms with Gasteiger partial charge in [0.1, 0.15) is 17.4 Å². The van der Waals surface area contributed by atoms with Gasteiger partial charge in [0.15, 0.2) is 0 Å². The first-order chi connectivity index (χ1) is 8.40. The van der Waals surface area contributed by atoms with Crippen LogP contribution in [0.2, 0.25) is 0 Å². The van der Waals surface area contributed by atoms with Gasteiger partial charge in [-0.25, -0.2) is 9.59 Å². The normalized spacial score (nSPS) is 10.8. The Morgan fingerprint density at radius 1 is 1.33 bits per heavy atom. The highest BCUT2D eigenvalue weighted by atomic mass is 16.5. The molecule has 0 aliphatic rings. The fourth-order valence-electron chi connectivity index (χ4n) is 0.917. The third-order valence-electron chi connectivity index (χ3n) is 1.76. The van der Waals surface area contributed by atoms with E-state index in [0.717, 1.165) is 0 Å². The highest BCUT2D eigenvalue weighted by Crippen LogP contribution is 2.14. The van der Waals surface area contributed by atoms with Crippen molar-refractivity contribution in [1.29, 1.82) is 0 Å². The van der Waals surface area contributed by atoms with Gasteiger partial charge in [-0.3, -0.25) is 0 Å². The number of carbonyl (C=O) groups is 2. The maximum Gasteiger partial charge on any atom is 0.339 e. The van der Waals surface area contributed by atoms with E-state index in [4.69, 9.17) is 15.3 Å². The fraction of sp³-hybridized carbons (Fsp3) is 0.333. The molecule has 0 aliphatic heterocycles. The number of carboxylic acids is 1. The number of ether oxygens (including phenoxy) is 1. The smallest absolute Gasteiger partial charge is 0.339 e. The van der Waals surface area contributed by atoms with Gasteiger partial charge in [0.2, 0.25) is 0 Å². The Balaban J connectivity index is 0.000000331. The number of aliphatic hydroxyl groups is 1. The first-order valence-corrected chi connectivity index (χ1v) is 5.26. The number of aromatic hydroxyl groups is 1. The number of benzene rings is 1. The second-order valence-corrected chi connectivity index (χ2v) is 3.25. The third kappa shape index (κ3) is 5.86. The van der Waals surface area contributed by atoms with Crippen LogP contribution >= 0.6 is 0 Å². The molecule has 18 heavy (non-hydrogen) atoms. The van der Waals surface area contributed by atoms with E-state index in [9.17, 15) is 9.59 Å². The van der Waals surface area contributed by atoms with Crippen molar-refractivity contribution < 1.29 is 29.6 Å². The molecule has 6 nitrogen and oxygen atoms in total. The monoisotopic (exact) mass is 256 g/mol. The zero-order valence-electron chi connectivity index (χ0n) is 10.2. The van der Waals surface area contributed by atoms with E-state index in [1.807, 2.05) is 0 Å². The van der Waals surface area contributed by atoms with Crippen molar-refractivity contribution in [2.75, 3.05) is 6.61 Å². The summed E-state index contributed by atoms with van der Waals surface area (Å²) in [5.74, 6) is -1.87. The van der Waals surface area contributed by atoms with Crippen molar-refractivity contribution in [2.45, 2.75) is 20.0 Å². The molecule has 0 saturated carbocycles. The predicted molar refractivity (Wildman–Crippen MR) is 63.4 cm³/mol. The summed E-state index contributed by atoms with van der Waals surface area (Å²) in [6, 6.07) is 5.81. The second-order valence-electron chi connectivity index (χ2n) is 3.25. The van der Waals surface area contributed by atoms with E-state index in [-0.39, 0.29) is 11.3 Å². The summed E-state index contributed by atoms with van der Waals surface area (Å²) in [4.78, 5) is 20.5. The molecule has 0 saturated heterocycles. The molecular formula is C12H16O6. The van der Waals surface area contributed by atoms with Crippen molar-refractivity contribution in [3.05, 3.63) is 29.8 Å². The average molecular weight is 256 g/mol. The number of carboxylic acid groups (broad SMARTS) is 1. The Morgan fingerprint density at radius 3 is 2.17 bits per heavy atom. The molecule has 0 aromatic heterocycles. The van der Waals surface area contributed by atoms with Crippen LogP contribution in [0.3, 0.4) is 0 Å². The molecular weight excluding hydrogens is 240 g/mol. The maximum atomic E-state index is 10.3. The molecule has 1 aromatic rings. The number of hydrogen-bond donors (Lipinski definition) is 3. The Kier molecular flexibility index (Phi) is 7.14. The van der Waals surface area contributed by atoms with E-state index < -0.39 is 18.0 Å². The Bertz CT molecular complexity index is 399. The summed E-state index contributed by atoms with van der Waals surface area (Å²) < 4.78 is 4.41. The summed E-state index contributed by atoms with van der Waals surface area (Å²) in [7, 11) is 0. The number of carbonyl (C=O) groups excluding carboxylic acids is 1. The van der Waals surface area contributed by atoms with E-state index in [1.165, 1.54) is 19.1 Å². The van der Waals surface area contributed by atoms with Crippen LogP contribution in [0.25, 0.3) is 0 Å². The lowest BCUT2D eigenvalue weighted by molar-refractivity contribution is -0.151. The molecule has 0 amide bonds. The lowest BCUT2D eigenvalue weighted by Crippen LogP contribution is -2.18. The molecule has 100 valence electrons. The van der Waals surface area contributed by atoms with Crippen molar-refractivity contribution in [3.63, 3.8) is 0 Å². The summed E-state index contributed by atoms with van der Waals surface area (Å²) in [6.45, 7) is 3.39. The zero-order chi connectivity index (χ0) is 14.1. The second kappa shape index (κ2) is 8.08. The topological polar surface area (TPSA) is 104 Å². The number of aliphatic hydroxyl groups excluding tert-OH is 1. The lowest BCUT2D eigenvalue weighted by Gasteiger charge is -2.01. The van der Waals surface area contributed by atoms with Gasteiger partial charge >= 0.3 is 11.9 Å². The molecule has 0 radical (unpaired) electrons. The van der Waals surface area contributed by atoms with Crippen LogP contribution in [0.4, 0.5) is 0 Å². The van der Waals surface area contributed by atoms with Crippen LogP contribution in [-0.4, -0.2) is 40.0 Å². The molecule has 6 heteroatoms. The molecule has 0 fully saturated rings. The van der Waals surface area contributed by atoms with Crippen LogP contribution in [0.5, 0.6) is 5.75 Å². The van der Waals surface area contributed by atoms with E-state index in [2.05, 4.69) is 4.74 Å². The molecule has 1 unspecified atom stereocenters. The van der Waals surface area contributed by atoms with Crippen LogP contribution < -0.4 is 0 Å². The number of rotatable bonds is 3. The Labute approximate surface area is 104 Å². The standard InChI is InChI=1S/C7H6O3.C5H10O3/c8-6-4-2-1-3-5(6)7(9)10;1-3-8-5(7)4(2)6/h1-4,8H,(H,9,10);4,6H,3H2,1-2H3. The molecule has 0 spiro atoms. The fourth-order valence-corrected chi connectivity index (χ4v) is 0.917. The summed E-state index contributed by atoms with van der Waals surface area (Å²) in [5.41, 5.74) is -0.0671. The summed E-state index contributed by atoms with van der Waals surface area (Å²) in [5, 5.41) is 25.8. The van der Waals surface area contributed by atoms with E-state index in [0.29, 0.717) is 6.61 Å². The quantitative estimate of drug-likeness (QED) is 0.697. The minimum Gasteiger partial charge on any atom is -0.507 e. The van der Waals surface area contributed by atoms with Gasteiger partial charge in [0.25, 0.3) is 0 Å². The summed E-state index contributed by atoms with van der Waals surface area (Å²) >= 11 is 0. The average Bonchev–Trinajstić information content (AvgIpc) is 2.30. The van der Waals surface area contributed by atoms with Gasteiger partial charge in [-0.15, -0.1) is 0 Å². The number of aromatic carboxylic acids is 1. The Morgan fingerprint density at radius 2 is 1.89 bits per heavy atom. The molecule has 0 aliphatic carbocycles. The Hall–Kier alpha value is -2.08. The van der Waals surface area contributed by atoms with Crippen LogP contribution in [-0.2, 0) is 9.53 Å². The maximum absolute atomic E-state index is 10.3. The zero-order valence-corrected chi connectivity index (χ0v) is 10.2. The number of phenols is 1. The number of hydrogen-bond acceptors (Lipinski definition) is 5. The third-order valence-corrected chi connectivity index (χ3v) is 1.76. The van der Waals surface area contributed by atoms with E-state index in [1.54, 1.807) is 19.1 Å². The van der Waals surface area contributed by atoms with Gasteiger partial charge in [0.05, 0.1) is 6.61 Å². The van der Waals surface area contributed by atoms with Crippen LogP contribution in [0.15, 0.2) is 24.3 Å². The van der Waals surface area contributed by atoms with Crippen LogP contribution in [0.1, 0.15) is 24.2 Å². The molecule has 0 heterocycles. The molecule has 0 bridgehead atoms. The van der Waals surface area contributed by atoms with Gasteiger partial charge in [0, 0.05) is 0 Å². The van der Waals surface area contributed by atoms with Crippen molar-refractivity contribution >= 4 is 11.9 Å². The molecule has 1 aromatic carbocycles. The number of esters is 1. The minimum atomic E-state index is -1.11.